The second kappa shape index (κ2) is 34.2. The Hall–Kier alpha value is -2.39. The smallest absolute Gasteiger partial charge is 0.310 e. The zero-order chi connectivity index (χ0) is 28.2. The zero-order valence-corrected chi connectivity index (χ0v) is 21.7. The van der Waals surface area contributed by atoms with E-state index in [9.17, 15) is 28.8 Å². The minimum Gasteiger partial charge on any atom is -0.481 e. The van der Waals surface area contributed by atoms with Gasteiger partial charge in [0.15, 0.2) is 0 Å². The lowest BCUT2D eigenvalue weighted by atomic mass is 10.3. The molecule has 0 aliphatic heterocycles. The van der Waals surface area contributed by atoms with E-state index in [0.717, 1.165) is 5.28 Å². The molecule has 0 aromatic heterocycles. The van der Waals surface area contributed by atoms with Crippen molar-refractivity contribution in [3.8, 4) is 0 Å². The molecule has 0 aromatic carbocycles. The number of rotatable bonds is 7. The van der Waals surface area contributed by atoms with Crippen molar-refractivity contribution in [2.24, 2.45) is 0 Å². The number of allylic oxidation sites excluding steroid dienone is 1. The van der Waals surface area contributed by atoms with Gasteiger partial charge in [-0.1, -0.05) is 0 Å². The largest absolute Gasteiger partial charge is 0.481 e. The van der Waals surface area contributed by atoms with Crippen LogP contribution in [0.2, 0.25) is 5.28 Å². The number of hydrogen-bond donors (Lipinski definition) is 5. The van der Waals surface area contributed by atoms with E-state index in [2.05, 4.69) is 22.9 Å². The monoisotopic (exact) mass is 494 g/mol. The molecule has 0 aliphatic rings. The van der Waals surface area contributed by atoms with E-state index in [-0.39, 0.29) is 48.8 Å². The number of aliphatic hydroxyl groups is 2. The molecule has 0 heterocycles. The summed E-state index contributed by atoms with van der Waals surface area (Å²) < 4.78 is 0. The van der Waals surface area contributed by atoms with Crippen molar-refractivity contribution in [2.45, 2.75) is 85.2 Å². The van der Waals surface area contributed by atoms with Crippen molar-refractivity contribution in [2.75, 3.05) is 0 Å². The van der Waals surface area contributed by atoms with Crippen LogP contribution in [-0.2, 0) is 28.8 Å². The number of aliphatic carboxylic acids is 3. The average Bonchev–Trinajstić information content (AvgIpc) is 2.51. The molecule has 0 atom stereocenters. The van der Waals surface area contributed by atoms with E-state index in [4.69, 9.17) is 25.5 Å². The topological polar surface area (TPSA) is 204 Å². The molecular formula is C21H39AlO11. The molecular weight excluding hydrogens is 455 g/mol. The van der Waals surface area contributed by atoms with Gasteiger partial charge in [-0.25, -0.2) is 0 Å². The number of Topliss-reactive ketones (excluding diaryl/α,β-unsaturated/α-hetero) is 3. The highest BCUT2D eigenvalue weighted by Crippen LogP contribution is 1.78. The van der Waals surface area contributed by atoms with Crippen molar-refractivity contribution >= 4 is 51.5 Å². The predicted molar refractivity (Wildman–Crippen MR) is 124 cm³/mol. The highest BCUT2D eigenvalue weighted by atomic mass is 27.0. The number of hydrogen-bond acceptors (Lipinski definition) is 8. The van der Waals surface area contributed by atoms with Crippen molar-refractivity contribution in [3.05, 3.63) is 12.7 Å². The maximum absolute atomic E-state index is 9.87. The maximum atomic E-state index is 9.87. The van der Waals surface area contributed by atoms with E-state index >= 15 is 0 Å². The van der Waals surface area contributed by atoms with Crippen LogP contribution in [0.3, 0.4) is 0 Å². The van der Waals surface area contributed by atoms with Crippen LogP contribution >= 0.6 is 0 Å². The molecule has 192 valence electrons. The number of carbonyl (C=O) groups excluding carboxylic acids is 3. The third kappa shape index (κ3) is 200. The minimum atomic E-state index is -1.06. The lowest BCUT2D eigenvalue weighted by molar-refractivity contribution is -0.141. The van der Waals surface area contributed by atoms with Gasteiger partial charge in [0, 0.05) is 12.2 Å². The Morgan fingerprint density at radius 1 is 0.667 bits per heavy atom. The summed E-state index contributed by atoms with van der Waals surface area (Å²) in [5.41, 5.74) is 0. The van der Waals surface area contributed by atoms with Crippen LogP contribution in [0.1, 0.15) is 67.7 Å². The highest BCUT2D eigenvalue weighted by Gasteiger charge is 1.99. The first-order chi connectivity index (χ1) is 14.8. The zero-order valence-electron chi connectivity index (χ0n) is 20.5. The summed E-state index contributed by atoms with van der Waals surface area (Å²) in [5, 5.41) is 40.7. The fourth-order valence-electron chi connectivity index (χ4n) is 0.639. The maximum Gasteiger partial charge on any atom is 0.310 e. The summed E-state index contributed by atoms with van der Waals surface area (Å²) in [4.78, 5) is 58.4. The first-order valence-corrected chi connectivity index (χ1v) is 10.4. The van der Waals surface area contributed by atoms with Gasteiger partial charge in [0.2, 0.25) is 0 Å². The Bertz CT molecular complexity index is 447. The van der Waals surface area contributed by atoms with Gasteiger partial charge < -0.3 is 25.5 Å². The van der Waals surface area contributed by atoms with E-state index in [1.165, 1.54) is 20.8 Å². The molecule has 0 rings (SSSR count). The third-order valence-electron chi connectivity index (χ3n) is 1.37. The Balaban J connectivity index is -0.0000000677. The van der Waals surface area contributed by atoms with Crippen LogP contribution in [0.15, 0.2) is 12.7 Å². The summed E-state index contributed by atoms with van der Waals surface area (Å²) >= 11 is 2.54. The Labute approximate surface area is 203 Å². The molecule has 0 fully saturated rings. The predicted octanol–water partition coefficient (Wildman–Crippen LogP) is 1.68. The molecule has 0 saturated heterocycles. The molecule has 11 nitrogen and oxygen atoms in total. The van der Waals surface area contributed by atoms with Crippen LogP contribution in [0.5, 0.6) is 0 Å². The number of carboxylic acid groups (broad SMARTS) is 3. The highest BCUT2D eigenvalue weighted by molar-refractivity contribution is 6.09. The Morgan fingerprint density at radius 3 is 0.788 bits per heavy atom. The summed E-state index contributed by atoms with van der Waals surface area (Å²) in [6.07, 6.45) is 0.421. The van der Waals surface area contributed by atoms with Crippen molar-refractivity contribution < 1.29 is 54.3 Å². The number of ketones is 3. The molecule has 0 aromatic rings. The normalized spacial score (nSPS) is 8.09. The molecule has 0 amide bonds. The molecule has 12 heteroatoms. The molecule has 5 N–H and O–H groups in total. The van der Waals surface area contributed by atoms with E-state index in [1.54, 1.807) is 27.7 Å². The van der Waals surface area contributed by atoms with Gasteiger partial charge in [-0.3, -0.25) is 28.8 Å². The fourth-order valence-corrected chi connectivity index (χ4v) is 0.639. The summed E-state index contributed by atoms with van der Waals surface area (Å²) in [6.45, 7) is 14.1. The standard InChI is InChI=1S/3C4H6O3.2C3H8O.C3H5.Al/c3*1-3(5)2-4(6)7;2*1-3(2)4;1-3-2;/h3*2H2,1H3,(H,6,7);2*3-4H,1-2H3;3H,1-2H2;. The van der Waals surface area contributed by atoms with Gasteiger partial charge in [0.25, 0.3) is 0 Å². The SMILES string of the molecule is C=C[CH2][Al].CC(=O)CC(=O)O.CC(=O)CC(=O)O.CC(=O)CC(=O)O.CC(C)O.CC(C)O. The minimum absolute atomic E-state index is 0.167. The van der Waals surface area contributed by atoms with E-state index < -0.39 is 17.9 Å². The molecule has 2 radical (unpaired) electrons. The quantitative estimate of drug-likeness (QED) is 0.196. The van der Waals surface area contributed by atoms with E-state index in [1.807, 2.05) is 6.08 Å². The van der Waals surface area contributed by atoms with Crippen molar-refractivity contribution in [1.82, 2.24) is 0 Å². The van der Waals surface area contributed by atoms with Gasteiger partial charge in [0.1, 0.15) is 52.9 Å². The molecule has 0 aliphatic carbocycles. The van der Waals surface area contributed by atoms with Gasteiger partial charge in [-0.05, 0) is 48.5 Å². The van der Waals surface area contributed by atoms with Crippen LogP contribution in [-0.4, -0.2) is 89.3 Å². The lowest BCUT2D eigenvalue weighted by Crippen LogP contribution is -2.00. The summed E-state index contributed by atoms with van der Waals surface area (Å²) in [6, 6.07) is 0. The van der Waals surface area contributed by atoms with Gasteiger partial charge >= 0.3 is 17.9 Å². The summed E-state index contributed by atoms with van der Waals surface area (Å²) in [5.74, 6) is -4.12. The molecule has 0 spiro atoms. The lowest BCUT2D eigenvalue weighted by Gasteiger charge is -1.80. The fraction of sp³-hybridized carbons (Fsp3) is 0.619. The molecule has 0 bridgehead atoms. The van der Waals surface area contributed by atoms with Crippen molar-refractivity contribution in [1.29, 1.82) is 0 Å². The van der Waals surface area contributed by atoms with Gasteiger partial charge in [-0.2, -0.15) is 0 Å². The molecule has 0 unspecified atom stereocenters. The second-order valence-electron chi connectivity index (χ2n) is 6.53. The number of carboxylic acids is 3. The number of carbonyl (C=O) groups is 6. The average molecular weight is 495 g/mol. The van der Waals surface area contributed by atoms with Crippen LogP contribution in [0.4, 0.5) is 0 Å². The Kier molecular flexibility index (Phi) is 46.0. The van der Waals surface area contributed by atoms with E-state index in [0.29, 0.717) is 0 Å². The van der Waals surface area contributed by atoms with Gasteiger partial charge in [-0.15, -0.1) is 17.9 Å². The molecule has 33 heavy (non-hydrogen) atoms. The second-order valence-corrected chi connectivity index (χ2v) is 7.00. The van der Waals surface area contributed by atoms with Crippen molar-refractivity contribution in [3.63, 3.8) is 0 Å². The molecule has 0 saturated carbocycles. The third-order valence-corrected chi connectivity index (χ3v) is 1.70. The van der Waals surface area contributed by atoms with Gasteiger partial charge in [0.05, 0.1) is 0 Å². The summed E-state index contributed by atoms with van der Waals surface area (Å²) in [7, 11) is 0. The van der Waals surface area contributed by atoms with Crippen LogP contribution < -0.4 is 0 Å². The van der Waals surface area contributed by atoms with Crippen LogP contribution in [0.25, 0.3) is 0 Å². The first kappa shape index (κ1) is 44.3. The number of aliphatic hydroxyl groups excluding tert-OH is 2. The first-order valence-electron chi connectivity index (χ1n) is 9.57. The van der Waals surface area contributed by atoms with Crippen LogP contribution in [0, 0.1) is 0 Å². The Morgan fingerprint density at radius 2 is 0.788 bits per heavy atom.